The normalized spacial score (nSPS) is 9.89. The third kappa shape index (κ3) is 3.53. The average molecular weight is 262 g/mol. The maximum atomic E-state index is 11.5. The predicted molar refractivity (Wildman–Crippen MR) is 65.8 cm³/mol. The Balaban J connectivity index is 1.89. The van der Waals surface area contributed by atoms with E-state index in [0.717, 1.165) is 0 Å². The number of nitro groups is 1. The summed E-state index contributed by atoms with van der Waals surface area (Å²) in [5.41, 5.74) is -0.0936. The van der Waals surface area contributed by atoms with E-state index >= 15 is 0 Å². The molecule has 0 fully saturated rings. The molecule has 0 bridgehead atoms. The Morgan fingerprint density at radius 3 is 3.05 bits per heavy atom. The molecule has 1 aromatic heterocycles. The van der Waals surface area contributed by atoms with E-state index in [1.54, 1.807) is 6.20 Å². The van der Waals surface area contributed by atoms with E-state index in [4.69, 9.17) is 4.74 Å². The molecule has 0 aliphatic heterocycles. The van der Waals surface area contributed by atoms with Gasteiger partial charge in [-0.15, -0.1) is 0 Å². The van der Waals surface area contributed by atoms with Crippen LogP contribution < -0.4 is 10.1 Å². The molecular weight excluding hydrogens is 252 g/mol. The van der Waals surface area contributed by atoms with Crippen LogP contribution in [0.4, 0.5) is 11.6 Å². The van der Waals surface area contributed by atoms with Gasteiger partial charge in [0.2, 0.25) is 5.95 Å². The number of hydrogen-bond donors (Lipinski definition) is 2. The minimum atomic E-state index is -0.532. The van der Waals surface area contributed by atoms with Gasteiger partial charge in [-0.1, -0.05) is 6.07 Å². The number of anilines is 1. The number of aromatic nitrogens is 2. The third-order valence-corrected chi connectivity index (χ3v) is 2.15. The van der Waals surface area contributed by atoms with Gasteiger partial charge >= 0.3 is 0 Å². The number of benzene rings is 1. The van der Waals surface area contributed by atoms with E-state index in [9.17, 15) is 14.9 Å². The monoisotopic (exact) mass is 262 g/mol. The number of amides is 1. The van der Waals surface area contributed by atoms with Crippen LogP contribution in [-0.2, 0) is 4.79 Å². The largest absolute Gasteiger partial charge is 0.484 e. The van der Waals surface area contributed by atoms with Crippen LogP contribution in [0.3, 0.4) is 0 Å². The highest BCUT2D eigenvalue weighted by atomic mass is 16.6. The fraction of sp³-hybridized carbons (Fsp3) is 0.0909. The second kappa shape index (κ2) is 5.63. The standard InChI is InChI=1S/C11H10N4O4/c16-10(14-11-12-4-5-13-11)7-19-9-3-1-2-8(6-9)15(17)18/h1-6H,7H2,(H2,12,13,14,16). The van der Waals surface area contributed by atoms with Crippen molar-refractivity contribution >= 4 is 17.5 Å². The van der Waals surface area contributed by atoms with Crippen LogP contribution in [0.2, 0.25) is 0 Å². The van der Waals surface area contributed by atoms with Crippen molar-refractivity contribution in [2.75, 3.05) is 11.9 Å². The maximum Gasteiger partial charge on any atom is 0.273 e. The fourth-order valence-electron chi connectivity index (χ4n) is 1.34. The van der Waals surface area contributed by atoms with Gasteiger partial charge in [0.1, 0.15) is 5.75 Å². The van der Waals surface area contributed by atoms with Crippen LogP contribution in [0.5, 0.6) is 5.75 Å². The Kier molecular flexibility index (Phi) is 3.72. The lowest BCUT2D eigenvalue weighted by molar-refractivity contribution is -0.384. The summed E-state index contributed by atoms with van der Waals surface area (Å²) in [7, 11) is 0. The Bertz CT molecular complexity index is 582. The SMILES string of the molecule is O=C(COc1cccc([N+](=O)[O-])c1)Nc1ncc[nH]1. The number of ether oxygens (including phenoxy) is 1. The average Bonchev–Trinajstić information content (AvgIpc) is 2.89. The molecule has 0 saturated heterocycles. The van der Waals surface area contributed by atoms with Gasteiger partial charge in [-0.25, -0.2) is 4.98 Å². The summed E-state index contributed by atoms with van der Waals surface area (Å²) in [6.45, 7) is -0.262. The number of non-ortho nitro benzene ring substituents is 1. The number of hydrogen-bond acceptors (Lipinski definition) is 5. The van der Waals surface area contributed by atoms with Crippen molar-refractivity contribution in [3.05, 3.63) is 46.8 Å². The summed E-state index contributed by atoms with van der Waals surface area (Å²) in [5.74, 6) is 0.151. The Morgan fingerprint density at radius 1 is 1.53 bits per heavy atom. The van der Waals surface area contributed by atoms with E-state index in [1.165, 1.54) is 30.5 Å². The van der Waals surface area contributed by atoms with Gasteiger partial charge in [0.05, 0.1) is 11.0 Å². The minimum Gasteiger partial charge on any atom is -0.484 e. The molecule has 0 spiro atoms. The lowest BCUT2D eigenvalue weighted by Gasteiger charge is -2.05. The second-order valence-electron chi connectivity index (χ2n) is 3.53. The van der Waals surface area contributed by atoms with Crippen LogP contribution in [0.15, 0.2) is 36.7 Å². The summed E-state index contributed by atoms with van der Waals surface area (Å²) < 4.78 is 5.15. The van der Waals surface area contributed by atoms with E-state index in [2.05, 4.69) is 15.3 Å². The molecule has 0 unspecified atom stereocenters. The molecule has 2 aromatic rings. The number of H-pyrrole nitrogens is 1. The first-order valence-electron chi connectivity index (χ1n) is 5.31. The molecule has 0 aliphatic carbocycles. The zero-order valence-corrected chi connectivity index (χ0v) is 9.70. The first-order valence-corrected chi connectivity index (χ1v) is 5.31. The van der Waals surface area contributed by atoms with E-state index in [1.807, 2.05) is 0 Å². The molecule has 19 heavy (non-hydrogen) atoms. The van der Waals surface area contributed by atoms with Crippen LogP contribution in [-0.4, -0.2) is 27.4 Å². The van der Waals surface area contributed by atoms with Crippen molar-refractivity contribution in [1.82, 2.24) is 9.97 Å². The zero-order valence-electron chi connectivity index (χ0n) is 9.70. The van der Waals surface area contributed by atoms with Crippen molar-refractivity contribution in [3.63, 3.8) is 0 Å². The van der Waals surface area contributed by atoms with Gasteiger partial charge in [-0.05, 0) is 6.07 Å². The van der Waals surface area contributed by atoms with E-state index in [-0.39, 0.29) is 18.0 Å². The van der Waals surface area contributed by atoms with Gasteiger partial charge in [-0.3, -0.25) is 20.2 Å². The Labute approximate surface area is 107 Å². The first-order chi connectivity index (χ1) is 9.15. The number of nitrogens with one attached hydrogen (secondary N) is 2. The van der Waals surface area contributed by atoms with Crippen LogP contribution in [0, 0.1) is 10.1 Å². The lowest BCUT2D eigenvalue weighted by atomic mass is 10.3. The quantitative estimate of drug-likeness (QED) is 0.624. The molecule has 0 saturated carbocycles. The third-order valence-electron chi connectivity index (χ3n) is 2.15. The Hall–Kier alpha value is -2.90. The molecule has 1 heterocycles. The maximum absolute atomic E-state index is 11.5. The number of nitrogens with zero attached hydrogens (tertiary/aromatic N) is 2. The molecule has 0 radical (unpaired) electrons. The van der Waals surface area contributed by atoms with Crippen LogP contribution >= 0.6 is 0 Å². The van der Waals surface area contributed by atoms with E-state index < -0.39 is 10.8 Å². The summed E-state index contributed by atoms with van der Waals surface area (Å²) in [6, 6.07) is 5.61. The highest BCUT2D eigenvalue weighted by Crippen LogP contribution is 2.18. The topological polar surface area (TPSA) is 110 Å². The van der Waals surface area contributed by atoms with Gasteiger partial charge in [0, 0.05) is 18.5 Å². The second-order valence-corrected chi connectivity index (χ2v) is 3.53. The first kappa shape index (κ1) is 12.6. The number of rotatable bonds is 5. The molecular formula is C11H10N4O4. The van der Waals surface area contributed by atoms with Crippen molar-refractivity contribution in [2.24, 2.45) is 0 Å². The Morgan fingerprint density at radius 2 is 2.37 bits per heavy atom. The molecule has 2 N–H and O–H groups in total. The van der Waals surface area contributed by atoms with Gasteiger partial charge in [0.15, 0.2) is 6.61 Å². The summed E-state index contributed by atoms with van der Waals surface area (Å²) in [6.07, 6.45) is 3.06. The van der Waals surface area contributed by atoms with Crippen LogP contribution in [0.25, 0.3) is 0 Å². The summed E-state index contributed by atoms with van der Waals surface area (Å²) in [4.78, 5) is 28.0. The summed E-state index contributed by atoms with van der Waals surface area (Å²) >= 11 is 0. The van der Waals surface area contributed by atoms with Gasteiger partial charge in [0.25, 0.3) is 11.6 Å². The predicted octanol–water partition coefficient (Wildman–Crippen LogP) is 1.34. The number of imidazole rings is 1. The molecule has 1 aromatic carbocycles. The lowest BCUT2D eigenvalue weighted by Crippen LogP contribution is -2.20. The molecule has 98 valence electrons. The van der Waals surface area contributed by atoms with Crippen molar-refractivity contribution < 1.29 is 14.5 Å². The number of carbonyl (C=O) groups excluding carboxylic acids is 1. The fourth-order valence-corrected chi connectivity index (χ4v) is 1.34. The molecule has 8 nitrogen and oxygen atoms in total. The van der Waals surface area contributed by atoms with Gasteiger partial charge < -0.3 is 9.72 Å². The van der Waals surface area contributed by atoms with Crippen molar-refractivity contribution in [2.45, 2.75) is 0 Å². The molecule has 8 heteroatoms. The zero-order chi connectivity index (χ0) is 13.7. The molecule has 0 atom stereocenters. The van der Waals surface area contributed by atoms with Gasteiger partial charge in [-0.2, -0.15) is 0 Å². The summed E-state index contributed by atoms with van der Waals surface area (Å²) in [5, 5.41) is 13.0. The van der Waals surface area contributed by atoms with Crippen LogP contribution in [0.1, 0.15) is 0 Å². The highest BCUT2D eigenvalue weighted by molar-refractivity contribution is 5.90. The highest BCUT2D eigenvalue weighted by Gasteiger charge is 2.08. The number of aromatic amines is 1. The van der Waals surface area contributed by atoms with Crippen molar-refractivity contribution in [3.8, 4) is 5.75 Å². The van der Waals surface area contributed by atoms with E-state index in [0.29, 0.717) is 5.95 Å². The smallest absolute Gasteiger partial charge is 0.273 e. The molecule has 2 rings (SSSR count). The van der Waals surface area contributed by atoms with Crippen molar-refractivity contribution in [1.29, 1.82) is 0 Å². The minimum absolute atomic E-state index is 0.0936. The molecule has 0 aliphatic rings. The number of carbonyl (C=O) groups is 1. The molecule has 1 amide bonds. The number of nitro benzene ring substituents is 1.